The molecule has 0 saturated heterocycles. The number of carbonyl (C=O) groups is 2. The van der Waals surface area contributed by atoms with Crippen LogP contribution in [0.25, 0.3) is 0 Å². The van der Waals surface area contributed by atoms with Gasteiger partial charge >= 0.3 is 0 Å². The predicted molar refractivity (Wildman–Crippen MR) is 129 cm³/mol. The average Bonchev–Trinajstić information content (AvgIpc) is 2.75. The zero-order valence-corrected chi connectivity index (χ0v) is 20.8. The molecule has 0 aliphatic heterocycles. The molecule has 2 rings (SSSR count). The topological polar surface area (TPSA) is 86.8 Å². The van der Waals surface area contributed by atoms with Gasteiger partial charge in [-0.2, -0.15) is 0 Å². The average molecular weight is 500 g/mol. The molecule has 0 aliphatic carbocycles. The first-order valence-electron chi connectivity index (χ1n) is 10.0. The van der Waals surface area contributed by atoms with Gasteiger partial charge in [-0.3, -0.25) is 13.9 Å². The van der Waals surface area contributed by atoms with Gasteiger partial charge < -0.3 is 10.2 Å². The van der Waals surface area contributed by atoms with E-state index in [1.807, 2.05) is 19.1 Å². The zero-order chi connectivity index (χ0) is 24.1. The molecule has 0 spiro atoms. The standard InChI is InChI=1S/C22H27Cl2N3O4S/c1-5-16-9-6-7-12-20(16)27(32(4,30)31)14-21(28)26(15(2)22(29)25-3)13-17-18(23)10-8-11-19(17)24/h6-12,15H,5,13-14H2,1-4H3,(H,25,29)/t15-/m1/s1. The molecule has 0 fully saturated rings. The highest BCUT2D eigenvalue weighted by Gasteiger charge is 2.31. The Labute approximate surface area is 199 Å². The molecule has 2 amide bonds. The minimum atomic E-state index is -3.79. The fraction of sp³-hybridized carbons (Fsp3) is 0.364. The van der Waals surface area contributed by atoms with Crippen LogP contribution in [0.2, 0.25) is 10.0 Å². The lowest BCUT2D eigenvalue weighted by molar-refractivity contribution is -0.139. The summed E-state index contributed by atoms with van der Waals surface area (Å²) in [5.74, 6) is -0.963. The smallest absolute Gasteiger partial charge is 0.244 e. The van der Waals surface area contributed by atoms with Crippen LogP contribution < -0.4 is 9.62 Å². The molecule has 10 heteroatoms. The Hall–Kier alpha value is -2.29. The second kappa shape index (κ2) is 11.0. The molecular weight excluding hydrogens is 473 g/mol. The summed E-state index contributed by atoms with van der Waals surface area (Å²) in [5, 5.41) is 3.20. The number of hydrogen-bond donors (Lipinski definition) is 1. The number of benzene rings is 2. The van der Waals surface area contributed by atoms with Crippen LogP contribution >= 0.6 is 23.2 Å². The summed E-state index contributed by atoms with van der Waals surface area (Å²) in [6.45, 7) is 2.94. The highest BCUT2D eigenvalue weighted by molar-refractivity contribution is 7.92. The molecule has 174 valence electrons. The highest BCUT2D eigenvalue weighted by atomic mass is 35.5. The maximum absolute atomic E-state index is 13.4. The molecule has 2 aromatic rings. The number of aryl methyl sites for hydroxylation is 1. The first-order valence-corrected chi connectivity index (χ1v) is 12.6. The van der Waals surface area contributed by atoms with E-state index in [9.17, 15) is 18.0 Å². The largest absolute Gasteiger partial charge is 0.357 e. The second-order valence-electron chi connectivity index (χ2n) is 7.26. The molecule has 2 aromatic carbocycles. The summed E-state index contributed by atoms with van der Waals surface area (Å²) < 4.78 is 26.3. The summed E-state index contributed by atoms with van der Waals surface area (Å²) in [7, 11) is -2.32. The molecule has 0 saturated carbocycles. The maximum atomic E-state index is 13.4. The van der Waals surface area contributed by atoms with Crippen molar-refractivity contribution < 1.29 is 18.0 Å². The SMILES string of the molecule is CCc1ccccc1N(CC(=O)N(Cc1c(Cl)cccc1Cl)[C@H](C)C(=O)NC)S(C)(=O)=O. The minimum absolute atomic E-state index is 0.0566. The van der Waals surface area contributed by atoms with E-state index in [0.29, 0.717) is 27.7 Å². The number of likely N-dealkylation sites (N-methyl/N-ethyl adjacent to an activating group) is 1. The summed E-state index contributed by atoms with van der Waals surface area (Å²) in [6, 6.07) is 11.1. The Kier molecular flexibility index (Phi) is 8.95. The van der Waals surface area contributed by atoms with Crippen molar-refractivity contribution in [1.29, 1.82) is 0 Å². The maximum Gasteiger partial charge on any atom is 0.244 e. The van der Waals surface area contributed by atoms with Gasteiger partial charge in [0.1, 0.15) is 12.6 Å². The van der Waals surface area contributed by atoms with Gasteiger partial charge in [0, 0.05) is 29.2 Å². The van der Waals surface area contributed by atoms with Crippen LogP contribution in [0.4, 0.5) is 5.69 Å². The van der Waals surface area contributed by atoms with Gasteiger partial charge in [-0.05, 0) is 37.1 Å². The van der Waals surface area contributed by atoms with E-state index in [-0.39, 0.29) is 6.54 Å². The normalized spacial score (nSPS) is 12.2. The molecule has 0 bridgehead atoms. The number of hydrogen-bond acceptors (Lipinski definition) is 4. The summed E-state index contributed by atoms with van der Waals surface area (Å²) in [5.41, 5.74) is 1.68. The van der Waals surface area contributed by atoms with Crippen molar-refractivity contribution in [2.24, 2.45) is 0 Å². The van der Waals surface area contributed by atoms with Gasteiger partial charge in [0.15, 0.2) is 0 Å². The number of sulfonamides is 1. The fourth-order valence-corrected chi connectivity index (χ4v) is 4.69. The van der Waals surface area contributed by atoms with E-state index >= 15 is 0 Å². The molecule has 0 radical (unpaired) electrons. The molecule has 0 aliphatic rings. The number of amides is 2. The lowest BCUT2D eigenvalue weighted by atomic mass is 10.1. The van der Waals surface area contributed by atoms with Crippen molar-refractivity contribution >= 4 is 50.7 Å². The Morgan fingerprint density at radius 1 is 1.06 bits per heavy atom. The van der Waals surface area contributed by atoms with Crippen molar-refractivity contribution in [1.82, 2.24) is 10.2 Å². The zero-order valence-electron chi connectivity index (χ0n) is 18.4. The number of nitrogens with zero attached hydrogens (tertiary/aromatic N) is 2. The lowest BCUT2D eigenvalue weighted by Gasteiger charge is -2.32. The number of anilines is 1. The molecule has 32 heavy (non-hydrogen) atoms. The van der Waals surface area contributed by atoms with E-state index in [1.54, 1.807) is 37.3 Å². The third-order valence-electron chi connectivity index (χ3n) is 5.12. The molecular formula is C22H27Cl2N3O4S. The van der Waals surface area contributed by atoms with Crippen LogP contribution in [0.15, 0.2) is 42.5 Å². The Morgan fingerprint density at radius 2 is 1.66 bits per heavy atom. The van der Waals surface area contributed by atoms with Gasteiger partial charge in [0.2, 0.25) is 21.8 Å². The van der Waals surface area contributed by atoms with Crippen molar-refractivity contribution in [2.75, 3.05) is 24.2 Å². The Morgan fingerprint density at radius 3 is 2.19 bits per heavy atom. The van der Waals surface area contributed by atoms with Crippen LogP contribution in [0.1, 0.15) is 25.0 Å². The van der Waals surface area contributed by atoms with Gasteiger partial charge in [0.05, 0.1) is 11.9 Å². The molecule has 1 N–H and O–H groups in total. The lowest BCUT2D eigenvalue weighted by Crippen LogP contribution is -2.50. The predicted octanol–water partition coefficient (Wildman–Crippen LogP) is 3.49. The summed E-state index contributed by atoms with van der Waals surface area (Å²) in [6.07, 6.45) is 1.63. The van der Waals surface area contributed by atoms with Gasteiger partial charge in [-0.15, -0.1) is 0 Å². The molecule has 0 heterocycles. The molecule has 0 aromatic heterocycles. The van der Waals surface area contributed by atoms with E-state index in [2.05, 4.69) is 5.32 Å². The van der Waals surface area contributed by atoms with E-state index in [0.717, 1.165) is 16.1 Å². The first kappa shape index (κ1) is 26.0. The molecule has 1 atom stereocenters. The summed E-state index contributed by atoms with van der Waals surface area (Å²) in [4.78, 5) is 27.1. The van der Waals surface area contributed by atoms with E-state index in [4.69, 9.17) is 23.2 Å². The minimum Gasteiger partial charge on any atom is -0.357 e. The van der Waals surface area contributed by atoms with E-state index in [1.165, 1.54) is 11.9 Å². The number of rotatable bonds is 9. The number of carbonyl (C=O) groups excluding carboxylic acids is 2. The van der Waals surface area contributed by atoms with Crippen LogP contribution in [0, 0.1) is 0 Å². The number of para-hydroxylation sites is 1. The highest BCUT2D eigenvalue weighted by Crippen LogP contribution is 2.28. The molecule has 7 nitrogen and oxygen atoms in total. The number of halogens is 2. The van der Waals surface area contributed by atoms with Crippen molar-refractivity contribution in [3.8, 4) is 0 Å². The van der Waals surface area contributed by atoms with Gasteiger partial charge in [-0.25, -0.2) is 8.42 Å². The Balaban J connectivity index is 2.48. The van der Waals surface area contributed by atoms with Gasteiger partial charge in [-0.1, -0.05) is 54.4 Å². The number of nitrogens with one attached hydrogen (secondary N) is 1. The fourth-order valence-electron chi connectivity index (χ4n) is 3.29. The summed E-state index contributed by atoms with van der Waals surface area (Å²) >= 11 is 12.6. The third kappa shape index (κ3) is 6.15. The van der Waals surface area contributed by atoms with Gasteiger partial charge in [0.25, 0.3) is 0 Å². The van der Waals surface area contributed by atoms with Crippen LogP contribution in [-0.2, 0) is 32.6 Å². The Bertz CT molecular complexity index is 1070. The van der Waals surface area contributed by atoms with Crippen LogP contribution in [-0.4, -0.2) is 51.0 Å². The third-order valence-corrected chi connectivity index (χ3v) is 6.96. The van der Waals surface area contributed by atoms with Crippen molar-refractivity contribution in [3.05, 3.63) is 63.6 Å². The van der Waals surface area contributed by atoms with Crippen molar-refractivity contribution in [2.45, 2.75) is 32.9 Å². The van der Waals surface area contributed by atoms with E-state index < -0.39 is 34.4 Å². The second-order valence-corrected chi connectivity index (χ2v) is 9.99. The van der Waals surface area contributed by atoms with Crippen LogP contribution in [0.3, 0.4) is 0 Å². The molecule has 0 unspecified atom stereocenters. The monoisotopic (exact) mass is 499 g/mol. The van der Waals surface area contributed by atoms with Crippen LogP contribution in [0.5, 0.6) is 0 Å². The quantitative estimate of drug-likeness (QED) is 0.571. The van der Waals surface area contributed by atoms with Crippen molar-refractivity contribution in [3.63, 3.8) is 0 Å². The first-order chi connectivity index (χ1) is 15.0.